The van der Waals surface area contributed by atoms with Gasteiger partial charge in [0.1, 0.15) is 0 Å². The molecule has 1 fully saturated rings. The van der Waals surface area contributed by atoms with Crippen molar-refractivity contribution >= 4 is 0 Å². The number of aliphatic hydroxyl groups is 1. The Morgan fingerprint density at radius 3 is 2.83 bits per heavy atom. The number of benzene rings is 1. The van der Waals surface area contributed by atoms with Crippen molar-refractivity contribution in [3.63, 3.8) is 0 Å². The van der Waals surface area contributed by atoms with Crippen molar-refractivity contribution in [2.24, 2.45) is 5.92 Å². The Kier molecular flexibility index (Phi) is 5.17. The lowest BCUT2D eigenvalue weighted by atomic mass is 9.97. The highest BCUT2D eigenvalue weighted by Gasteiger charge is 2.18. The van der Waals surface area contributed by atoms with Crippen LogP contribution in [-0.4, -0.2) is 43.3 Å². The van der Waals surface area contributed by atoms with Gasteiger partial charge in [0.05, 0.1) is 12.6 Å². The molecule has 1 aromatic carbocycles. The molecule has 1 aliphatic heterocycles. The molecule has 2 N–H and O–H groups in total. The van der Waals surface area contributed by atoms with Gasteiger partial charge in [-0.05, 0) is 44.5 Å². The molecule has 1 aromatic rings. The van der Waals surface area contributed by atoms with Crippen LogP contribution in [0.5, 0.6) is 0 Å². The van der Waals surface area contributed by atoms with Crippen LogP contribution in [0.1, 0.15) is 24.4 Å². The molecule has 100 valence electrons. The van der Waals surface area contributed by atoms with Crippen molar-refractivity contribution in [1.82, 2.24) is 10.2 Å². The zero-order chi connectivity index (χ0) is 12.8. The molecule has 0 saturated carbocycles. The van der Waals surface area contributed by atoms with Crippen molar-refractivity contribution in [1.29, 1.82) is 0 Å². The molecule has 2 rings (SSSR count). The predicted molar refractivity (Wildman–Crippen MR) is 74.5 cm³/mol. The predicted octanol–water partition coefficient (Wildman–Crippen LogP) is 1.65. The van der Waals surface area contributed by atoms with Crippen LogP contribution in [0.25, 0.3) is 0 Å². The summed E-state index contributed by atoms with van der Waals surface area (Å²) in [6.07, 6.45) is 2.59. The zero-order valence-corrected chi connectivity index (χ0v) is 11.2. The monoisotopic (exact) mass is 248 g/mol. The van der Waals surface area contributed by atoms with Crippen molar-refractivity contribution in [2.45, 2.75) is 18.9 Å². The Balaban J connectivity index is 1.84. The fraction of sp³-hybridized carbons (Fsp3) is 0.600. The summed E-state index contributed by atoms with van der Waals surface area (Å²) in [7, 11) is 2.19. The maximum Gasteiger partial charge on any atom is 0.0626 e. The zero-order valence-electron chi connectivity index (χ0n) is 11.2. The number of hydrogen-bond acceptors (Lipinski definition) is 3. The molecule has 0 bridgehead atoms. The summed E-state index contributed by atoms with van der Waals surface area (Å²) in [6, 6.07) is 10.3. The molecular formula is C15H24N2O. The number of hydrogen-bond donors (Lipinski definition) is 2. The minimum Gasteiger partial charge on any atom is -0.394 e. The maximum absolute atomic E-state index is 9.49. The second-order valence-corrected chi connectivity index (χ2v) is 5.32. The third kappa shape index (κ3) is 3.80. The van der Waals surface area contributed by atoms with E-state index in [9.17, 15) is 5.11 Å². The molecule has 0 radical (unpaired) electrons. The van der Waals surface area contributed by atoms with Gasteiger partial charge in [0.2, 0.25) is 0 Å². The van der Waals surface area contributed by atoms with E-state index in [-0.39, 0.29) is 12.6 Å². The highest BCUT2D eigenvalue weighted by molar-refractivity contribution is 5.18. The summed E-state index contributed by atoms with van der Waals surface area (Å²) in [6.45, 7) is 3.54. The van der Waals surface area contributed by atoms with Gasteiger partial charge >= 0.3 is 0 Å². The van der Waals surface area contributed by atoms with Gasteiger partial charge in [0.15, 0.2) is 0 Å². The number of likely N-dealkylation sites (tertiary alicyclic amines) is 1. The highest BCUT2D eigenvalue weighted by atomic mass is 16.3. The fourth-order valence-corrected chi connectivity index (χ4v) is 2.72. The second kappa shape index (κ2) is 6.88. The fourth-order valence-electron chi connectivity index (χ4n) is 2.72. The van der Waals surface area contributed by atoms with E-state index in [1.807, 2.05) is 18.2 Å². The lowest BCUT2D eigenvalue weighted by Gasteiger charge is -2.31. The van der Waals surface area contributed by atoms with Crippen LogP contribution in [0.15, 0.2) is 30.3 Å². The Labute approximate surface area is 110 Å². The van der Waals surface area contributed by atoms with E-state index in [1.165, 1.54) is 31.5 Å². The van der Waals surface area contributed by atoms with Crippen LogP contribution < -0.4 is 5.32 Å². The smallest absolute Gasteiger partial charge is 0.0626 e. The molecule has 0 spiro atoms. The first-order valence-corrected chi connectivity index (χ1v) is 6.87. The first-order valence-electron chi connectivity index (χ1n) is 6.87. The molecule has 18 heavy (non-hydrogen) atoms. The van der Waals surface area contributed by atoms with E-state index in [1.54, 1.807) is 0 Å². The average molecular weight is 248 g/mol. The molecule has 1 saturated heterocycles. The van der Waals surface area contributed by atoms with Crippen LogP contribution >= 0.6 is 0 Å². The van der Waals surface area contributed by atoms with Gasteiger partial charge in [-0.1, -0.05) is 30.3 Å². The SMILES string of the molecule is CN1CCCC(CN[C@H](CO)c2ccccc2)C1. The Morgan fingerprint density at radius 1 is 1.39 bits per heavy atom. The van der Waals surface area contributed by atoms with Crippen LogP contribution in [0, 0.1) is 5.92 Å². The van der Waals surface area contributed by atoms with Crippen molar-refractivity contribution in [2.75, 3.05) is 33.3 Å². The molecule has 3 nitrogen and oxygen atoms in total. The molecule has 0 amide bonds. The lowest BCUT2D eigenvalue weighted by Crippen LogP contribution is -2.38. The minimum absolute atomic E-state index is 0.0680. The molecule has 1 aliphatic rings. The molecular weight excluding hydrogens is 224 g/mol. The highest BCUT2D eigenvalue weighted by Crippen LogP contribution is 2.17. The molecule has 1 heterocycles. The van der Waals surface area contributed by atoms with Gasteiger partial charge in [0, 0.05) is 6.54 Å². The average Bonchev–Trinajstić information content (AvgIpc) is 2.41. The molecule has 2 atom stereocenters. The third-order valence-corrected chi connectivity index (χ3v) is 3.76. The van der Waals surface area contributed by atoms with E-state index < -0.39 is 0 Å². The molecule has 0 aromatic heterocycles. The van der Waals surface area contributed by atoms with E-state index in [4.69, 9.17) is 0 Å². The van der Waals surface area contributed by atoms with E-state index in [2.05, 4.69) is 29.4 Å². The topological polar surface area (TPSA) is 35.5 Å². The maximum atomic E-state index is 9.49. The summed E-state index contributed by atoms with van der Waals surface area (Å²) < 4.78 is 0. The van der Waals surface area contributed by atoms with Gasteiger partial charge < -0.3 is 15.3 Å². The van der Waals surface area contributed by atoms with Crippen molar-refractivity contribution < 1.29 is 5.11 Å². The van der Waals surface area contributed by atoms with Gasteiger partial charge in [-0.2, -0.15) is 0 Å². The van der Waals surface area contributed by atoms with Crippen LogP contribution in [0.4, 0.5) is 0 Å². The van der Waals surface area contributed by atoms with Gasteiger partial charge in [-0.25, -0.2) is 0 Å². The van der Waals surface area contributed by atoms with Gasteiger partial charge in [0.25, 0.3) is 0 Å². The van der Waals surface area contributed by atoms with Crippen molar-refractivity contribution in [3.05, 3.63) is 35.9 Å². The van der Waals surface area contributed by atoms with E-state index in [0.29, 0.717) is 5.92 Å². The van der Waals surface area contributed by atoms with Crippen LogP contribution in [0.2, 0.25) is 0 Å². The number of rotatable bonds is 5. The van der Waals surface area contributed by atoms with Gasteiger partial charge in [-0.3, -0.25) is 0 Å². The quantitative estimate of drug-likeness (QED) is 0.832. The normalized spacial score (nSPS) is 22.9. The Morgan fingerprint density at radius 2 is 2.17 bits per heavy atom. The largest absolute Gasteiger partial charge is 0.394 e. The van der Waals surface area contributed by atoms with Gasteiger partial charge in [-0.15, -0.1) is 0 Å². The number of piperidine rings is 1. The number of nitrogens with one attached hydrogen (secondary N) is 1. The Hall–Kier alpha value is -0.900. The Bertz CT molecular complexity index is 342. The summed E-state index contributed by atoms with van der Waals surface area (Å²) in [5.74, 6) is 0.710. The first-order chi connectivity index (χ1) is 8.79. The summed E-state index contributed by atoms with van der Waals surface area (Å²) in [5.41, 5.74) is 1.17. The van der Waals surface area contributed by atoms with Crippen LogP contribution in [-0.2, 0) is 0 Å². The van der Waals surface area contributed by atoms with E-state index >= 15 is 0 Å². The standard InChI is InChI=1S/C15H24N2O/c1-17-9-5-6-13(11-17)10-16-15(12-18)14-7-3-2-4-8-14/h2-4,7-8,13,15-16,18H,5-6,9-12H2,1H3/t13?,15-/m1/s1. The molecule has 0 aliphatic carbocycles. The van der Waals surface area contributed by atoms with E-state index in [0.717, 1.165) is 6.54 Å². The third-order valence-electron chi connectivity index (χ3n) is 3.76. The molecule has 3 heteroatoms. The number of nitrogens with zero attached hydrogens (tertiary/aromatic N) is 1. The summed E-state index contributed by atoms with van der Waals surface area (Å²) >= 11 is 0. The van der Waals surface area contributed by atoms with Crippen LogP contribution in [0.3, 0.4) is 0 Å². The number of aliphatic hydroxyl groups excluding tert-OH is 1. The summed E-state index contributed by atoms with van der Waals surface area (Å²) in [5, 5.41) is 13.0. The first kappa shape index (κ1) is 13.5. The lowest BCUT2D eigenvalue weighted by molar-refractivity contribution is 0.189. The minimum atomic E-state index is 0.0680. The summed E-state index contributed by atoms with van der Waals surface area (Å²) in [4.78, 5) is 2.40. The molecule has 1 unspecified atom stereocenters. The second-order valence-electron chi connectivity index (χ2n) is 5.32. The van der Waals surface area contributed by atoms with Crippen molar-refractivity contribution in [3.8, 4) is 0 Å².